The normalized spacial score (nSPS) is 16.0. The quantitative estimate of drug-likeness (QED) is 0.646. The zero-order valence-corrected chi connectivity index (χ0v) is 12.7. The molecule has 0 aliphatic heterocycles. The molecule has 4 heteroatoms. The molecule has 2 rings (SSSR count). The number of amides is 1. The molecule has 4 nitrogen and oxygen atoms in total. The molecule has 2 N–H and O–H groups in total. The van der Waals surface area contributed by atoms with Gasteiger partial charge in [-0.1, -0.05) is 37.8 Å². The Morgan fingerprint density at radius 2 is 1.76 bits per heavy atom. The van der Waals surface area contributed by atoms with E-state index in [-0.39, 0.29) is 18.2 Å². The molecule has 0 saturated heterocycles. The first-order valence-electron chi connectivity index (χ1n) is 7.80. The van der Waals surface area contributed by atoms with Gasteiger partial charge in [0, 0.05) is 17.3 Å². The summed E-state index contributed by atoms with van der Waals surface area (Å²) in [7, 11) is 0. The summed E-state index contributed by atoms with van der Waals surface area (Å²) in [6.07, 6.45) is 7.11. The highest BCUT2D eigenvalue weighted by atomic mass is 16.2. The summed E-state index contributed by atoms with van der Waals surface area (Å²) in [4.78, 5) is 23.5. The second-order valence-corrected chi connectivity index (χ2v) is 5.71. The Bertz CT molecular complexity index is 491. The van der Waals surface area contributed by atoms with Crippen molar-refractivity contribution < 1.29 is 9.59 Å². The molecule has 1 aromatic rings. The van der Waals surface area contributed by atoms with Crippen LogP contribution in [0.5, 0.6) is 0 Å². The van der Waals surface area contributed by atoms with Crippen LogP contribution in [0.3, 0.4) is 0 Å². The van der Waals surface area contributed by atoms with Crippen molar-refractivity contribution in [2.24, 2.45) is 0 Å². The van der Waals surface area contributed by atoms with Crippen molar-refractivity contribution in [2.75, 3.05) is 11.9 Å². The number of nitrogens with one attached hydrogen (secondary N) is 2. The summed E-state index contributed by atoms with van der Waals surface area (Å²) < 4.78 is 0. The van der Waals surface area contributed by atoms with Gasteiger partial charge in [0.2, 0.25) is 5.91 Å². The van der Waals surface area contributed by atoms with Crippen molar-refractivity contribution in [3.8, 4) is 0 Å². The molecular weight excluding hydrogens is 264 g/mol. The molecule has 1 aliphatic rings. The molecule has 0 aromatic heterocycles. The summed E-state index contributed by atoms with van der Waals surface area (Å²) in [5, 5.41) is 6.16. The smallest absolute Gasteiger partial charge is 0.239 e. The zero-order chi connectivity index (χ0) is 15.1. The van der Waals surface area contributed by atoms with Crippen molar-refractivity contribution in [3.63, 3.8) is 0 Å². The lowest BCUT2D eigenvalue weighted by Gasteiger charge is -2.17. The predicted molar refractivity (Wildman–Crippen MR) is 84.6 cm³/mol. The molecule has 1 aliphatic carbocycles. The Morgan fingerprint density at radius 1 is 1.10 bits per heavy atom. The highest BCUT2D eigenvalue weighted by Crippen LogP contribution is 2.17. The fraction of sp³-hybridized carbons (Fsp3) is 0.529. The topological polar surface area (TPSA) is 58.2 Å². The van der Waals surface area contributed by atoms with E-state index in [2.05, 4.69) is 10.6 Å². The summed E-state index contributed by atoms with van der Waals surface area (Å²) >= 11 is 0. The fourth-order valence-electron chi connectivity index (χ4n) is 2.82. The molecule has 1 amide bonds. The number of anilines is 1. The number of para-hydroxylation sites is 1. The van der Waals surface area contributed by atoms with Gasteiger partial charge in [0.1, 0.15) is 0 Å². The Morgan fingerprint density at radius 3 is 2.43 bits per heavy atom. The predicted octanol–water partition coefficient (Wildman–Crippen LogP) is 3.14. The summed E-state index contributed by atoms with van der Waals surface area (Å²) in [5.41, 5.74) is 1.35. The van der Waals surface area contributed by atoms with Crippen molar-refractivity contribution in [1.82, 2.24) is 5.32 Å². The fourth-order valence-corrected chi connectivity index (χ4v) is 2.82. The first-order valence-corrected chi connectivity index (χ1v) is 7.80. The van der Waals surface area contributed by atoms with E-state index in [4.69, 9.17) is 0 Å². The number of hydrogen-bond acceptors (Lipinski definition) is 3. The molecule has 1 aromatic carbocycles. The molecule has 0 unspecified atom stereocenters. The van der Waals surface area contributed by atoms with Crippen LogP contribution in [0.25, 0.3) is 0 Å². The van der Waals surface area contributed by atoms with Gasteiger partial charge in [-0.3, -0.25) is 9.59 Å². The van der Waals surface area contributed by atoms with E-state index in [1.807, 2.05) is 18.2 Å². The lowest BCUT2D eigenvalue weighted by atomic mass is 10.1. The maximum atomic E-state index is 12.0. The Kier molecular flexibility index (Phi) is 5.78. The van der Waals surface area contributed by atoms with E-state index in [9.17, 15) is 9.59 Å². The van der Waals surface area contributed by atoms with E-state index >= 15 is 0 Å². The maximum absolute atomic E-state index is 12.0. The molecule has 0 heterocycles. The van der Waals surface area contributed by atoms with Gasteiger partial charge in [0.15, 0.2) is 5.78 Å². The van der Waals surface area contributed by atoms with Crippen LogP contribution in [-0.2, 0) is 4.79 Å². The van der Waals surface area contributed by atoms with Gasteiger partial charge in [0.05, 0.1) is 6.54 Å². The second-order valence-electron chi connectivity index (χ2n) is 5.71. The van der Waals surface area contributed by atoms with Gasteiger partial charge in [-0.05, 0) is 31.9 Å². The van der Waals surface area contributed by atoms with Crippen LogP contribution < -0.4 is 10.6 Å². The highest BCUT2D eigenvalue weighted by Gasteiger charge is 2.15. The van der Waals surface area contributed by atoms with Crippen LogP contribution in [0, 0.1) is 0 Å². The van der Waals surface area contributed by atoms with Crippen LogP contribution in [0.15, 0.2) is 24.3 Å². The molecular formula is C17H24N2O2. The lowest BCUT2D eigenvalue weighted by molar-refractivity contribution is -0.120. The van der Waals surface area contributed by atoms with E-state index in [0.29, 0.717) is 11.6 Å². The third-order valence-electron chi connectivity index (χ3n) is 3.97. The number of Topliss-reactive ketones (excluding diaryl/α,β-unsaturated/α-hetero) is 1. The van der Waals surface area contributed by atoms with Gasteiger partial charge >= 0.3 is 0 Å². The maximum Gasteiger partial charge on any atom is 0.239 e. The number of ketones is 1. The third-order valence-corrected chi connectivity index (χ3v) is 3.97. The molecule has 1 saturated carbocycles. The van der Waals surface area contributed by atoms with Gasteiger partial charge in [-0.2, -0.15) is 0 Å². The average molecular weight is 288 g/mol. The van der Waals surface area contributed by atoms with Crippen molar-refractivity contribution in [2.45, 2.75) is 51.5 Å². The molecule has 0 spiro atoms. The van der Waals surface area contributed by atoms with Gasteiger partial charge in [-0.25, -0.2) is 0 Å². The van der Waals surface area contributed by atoms with Crippen LogP contribution in [0.1, 0.15) is 55.8 Å². The van der Waals surface area contributed by atoms with E-state index < -0.39 is 0 Å². The van der Waals surface area contributed by atoms with Crippen LogP contribution in [0.4, 0.5) is 5.69 Å². The van der Waals surface area contributed by atoms with E-state index in [1.54, 1.807) is 6.07 Å². The zero-order valence-electron chi connectivity index (χ0n) is 12.7. The van der Waals surface area contributed by atoms with Crippen molar-refractivity contribution in [3.05, 3.63) is 29.8 Å². The number of benzene rings is 1. The number of rotatable bonds is 5. The van der Waals surface area contributed by atoms with E-state index in [0.717, 1.165) is 18.5 Å². The lowest BCUT2D eigenvalue weighted by Crippen LogP contribution is -2.38. The van der Waals surface area contributed by atoms with Gasteiger partial charge in [0.25, 0.3) is 0 Å². The standard InChI is InChI=1S/C17H24N2O2/c1-13(20)15-10-6-7-11-16(15)18-12-17(21)19-14-8-4-2-3-5-9-14/h6-7,10-11,14,18H,2-5,8-9,12H2,1H3,(H,19,21). The minimum atomic E-state index is 0.000236. The van der Waals surface area contributed by atoms with Gasteiger partial charge in [-0.15, -0.1) is 0 Å². The van der Waals surface area contributed by atoms with Gasteiger partial charge < -0.3 is 10.6 Å². The van der Waals surface area contributed by atoms with Crippen molar-refractivity contribution in [1.29, 1.82) is 0 Å². The SMILES string of the molecule is CC(=O)c1ccccc1NCC(=O)NC1CCCCCC1. The van der Waals surface area contributed by atoms with Crippen LogP contribution in [-0.4, -0.2) is 24.3 Å². The molecule has 0 bridgehead atoms. The van der Waals surface area contributed by atoms with Crippen LogP contribution in [0.2, 0.25) is 0 Å². The van der Waals surface area contributed by atoms with Crippen molar-refractivity contribution >= 4 is 17.4 Å². The first kappa shape index (κ1) is 15.5. The second kappa shape index (κ2) is 7.81. The Hall–Kier alpha value is -1.84. The number of hydrogen-bond donors (Lipinski definition) is 2. The molecule has 0 atom stereocenters. The molecule has 21 heavy (non-hydrogen) atoms. The Labute approximate surface area is 126 Å². The molecule has 1 fully saturated rings. The number of carbonyl (C=O) groups is 2. The van der Waals surface area contributed by atoms with Crippen LogP contribution >= 0.6 is 0 Å². The number of carbonyl (C=O) groups excluding carboxylic acids is 2. The molecule has 0 radical (unpaired) electrons. The highest BCUT2D eigenvalue weighted by molar-refractivity contribution is 6.00. The largest absolute Gasteiger partial charge is 0.376 e. The first-order chi connectivity index (χ1) is 10.2. The summed E-state index contributed by atoms with van der Waals surface area (Å²) in [6, 6.07) is 7.60. The minimum Gasteiger partial charge on any atom is -0.376 e. The van der Waals surface area contributed by atoms with E-state index in [1.165, 1.54) is 32.6 Å². The average Bonchev–Trinajstić information content (AvgIpc) is 2.74. The molecule has 114 valence electrons. The minimum absolute atomic E-state index is 0.000236. The third kappa shape index (κ3) is 4.88. The monoisotopic (exact) mass is 288 g/mol. The Balaban J connectivity index is 1.85. The summed E-state index contributed by atoms with van der Waals surface area (Å²) in [6.45, 7) is 1.74. The summed E-state index contributed by atoms with van der Waals surface area (Å²) in [5.74, 6) is 0.00234.